The number of ether oxygens (including phenoxy) is 1. The van der Waals surface area contributed by atoms with Crippen molar-refractivity contribution in [2.75, 3.05) is 39.9 Å². The molecule has 5 heteroatoms. The van der Waals surface area contributed by atoms with Crippen molar-refractivity contribution in [3.8, 4) is 0 Å². The number of nitrogens with zero attached hydrogens (tertiary/aromatic N) is 2. The van der Waals surface area contributed by atoms with E-state index in [1.165, 1.54) is 0 Å². The summed E-state index contributed by atoms with van der Waals surface area (Å²) in [6, 6.07) is 0.476. The summed E-state index contributed by atoms with van der Waals surface area (Å²) >= 11 is 0. The number of amides is 1. The van der Waals surface area contributed by atoms with Gasteiger partial charge in [0.15, 0.2) is 0 Å². The van der Waals surface area contributed by atoms with Gasteiger partial charge in [0.05, 0.1) is 24.7 Å². The number of carbonyl (C=O) groups is 1. The Balaban J connectivity index is 1.80. The number of hydrogen-bond acceptors (Lipinski definition) is 4. The molecule has 19 heavy (non-hydrogen) atoms. The third-order valence-corrected chi connectivity index (χ3v) is 4.28. The average Bonchev–Trinajstić information content (AvgIpc) is 2.34. The van der Waals surface area contributed by atoms with Gasteiger partial charge < -0.3 is 19.6 Å². The van der Waals surface area contributed by atoms with Gasteiger partial charge in [0, 0.05) is 25.7 Å². The molecule has 0 spiro atoms. The van der Waals surface area contributed by atoms with E-state index in [0.717, 1.165) is 25.9 Å². The summed E-state index contributed by atoms with van der Waals surface area (Å²) in [5, 5.41) is 9.42. The first-order chi connectivity index (χ1) is 8.92. The molecule has 2 aliphatic heterocycles. The van der Waals surface area contributed by atoms with Gasteiger partial charge in [-0.3, -0.25) is 4.79 Å². The molecule has 0 aromatic heterocycles. The molecule has 0 aromatic carbocycles. The Kier molecular flexibility index (Phi) is 4.48. The molecule has 0 aromatic rings. The molecule has 1 amide bonds. The van der Waals surface area contributed by atoms with E-state index in [1.54, 1.807) is 0 Å². The van der Waals surface area contributed by atoms with E-state index in [-0.39, 0.29) is 17.4 Å². The van der Waals surface area contributed by atoms with Crippen LogP contribution in [0.25, 0.3) is 0 Å². The van der Waals surface area contributed by atoms with Crippen molar-refractivity contribution in [2.45, 2.75) is 38.8 Å². The molecular formula is C14H26N2O3. The van der Waals surface area contributed by atoms with Crippen molar-refractivity contribution in [1.82, 2.24) is 9.80 Å². The molecule has 2 fully saturated rings. The summed E-state index contributed by atoms with van der Waals surface area (Å²) in [5.41, 5.74) is -0.279. The molecule has 1 unspecified atom stereocenters. The van der Waals surface area contributed by atoms with E-state index >= 15 is 0 Å². The maximum absolute atomic E-state index is 12.3. The fraction of sp³-hybridized carbons (Fsp3) is 0.929. The Morgan fingerprint density at radius 3 is 2.47 bits per heavy atom. The Morgan fingerprint density at radius 1 is 1.47 bits per heavy atom. The van der Waals surface area contributed by atoms with Gasteiger partial charge in [-0.15, -0.1) is 0 Å². The molecule has 2 heterocycles. The lowest BCUT2D eigenvalue weighted by Crippen LogP contribution is -2.56. The van der Waals surface area contributed by atoms with E-state index in [9.17, 15) is 9.90 Å². The minimum Gasteiger partial charge on any atom is -0.392 e. The number of aliphatic hydroxyl groups excluding tert-OH is 1. The lowest BCUT2D eigenvalue weighted by Gasteiger charge is -2.43. The Morgan fingerprint density at radius 2 is 2.05 bits per heavy atom. The van der Waals surface area contributed by atoms with Crippen molar-refractivity contribution in [1.29, 1.82) is 0 Å². The quantitative estimate of drug-likeness (QED) is 0.800. The Bertz CT molecular complexity index is 321. The van der Waals surface area contributed by atoms with Crippen molar-refractivity contribution >= 4 is 5.91 Å². The van der Waals surface area contributed by atoms with Crippen LogP contribution in [-0.2, 0) is 9.53 Å². The first-order valence-corrected chi connectivity index (χ1v) is 7.18. The third-order valence-electron chi connectivity index (χ3n) is 4.28. The SMILES string of the molecule is CC(O)CN(C)C1CCN(C(=O)C2(C)COC2)CC1. The molecule has 0 radical (unpaired) electrons. The topological polar surface area (TPSA) is 53.0 Å². The standard InChI is InChI=1S/C14H26N2O3/c1-11(17)8-15(3)12-4-6-16(7-5-12)13(18)14(2)9-19-10-14/h11-12,17H,4-10H2,1-3H3. The fourth-order valence-corrected chi connectivity index (χ4v) is 2.99. The van der Waals surface area contributed by atoms with Gasteiger partial charge in [-0.05, 0) is 33.7 Å². The predicted octanol–water partition coefficient (Wildman–Crippen LogP) is 0.327. The number of carbonyl (C=O) groups excluding carboxylic acids is 1. The molecule has 1 atom stereocenters. The number of rotatable bonds is 4. The lowest BCUT2D eigenvalue weighted by molar-refractivity contribution is -0.170. The maximum Gasteiger partial charge on any atom is 0.233 e. The van der Waals surface area contributed by atoms with E-state index in [0.29, 0.717) is 25.8 Å². The maximum atomic E-state index is 12.3. The van der Waals surface area contributed by atoms with Crippen LogP contribution in [0.2, 0.25) is 0 Å². The van der Waals surface area contributed by atoms with Crippen molar-refractivity contribution in [3.05, 3.63) is 0 Å². The van der Waals surface area contributed by atoms with Crippen LogP contribution in [0, 0.1) is 5.41 Å². The molecule has 5 nitrogen and oxygen atoms in total. The zero-order valence-corrected chi connectivity index (χ0v) is 12.3. The minimum absolute atomic E-state index is 0.246. The number of likely N-dealkylation sites (N-methyl/N-ethyl adjacent to an activating group) is 1. The molecule has 0 aliphatic carbocycles. The Hall–Kier alpha value is -0.650. The van der Waals surface area contributed by atoms with Crippen molar-refractivity contribution in [3.63, 3.8) is 0 Å². The van der Waals surface area contributed by atoms with Gasteiger partial charge >= 0.3 is 0 Å². The van der Waals surface area contributed by atoms with E-state index in [1.807, 2.05) is 18.7 Å². The normalized spacial score (nSPS) is 25.2. The molecule has 0 bridgehead atoms. The molecule has 2 saturated heterocycles. The third kappa shape index (κ3) is 3.27. The highest BCUT2D eigenvalue weighted by molar-refractivity contribution is 5.83. The van der Waals surface area contributed by atoms with Crippen LogP contribution in [0.4, 0.5) is 0 Å². The van der Waals surface area contributed by atoms with Gasteiger partial charge in [-0.2, -0.15) is 0 Å². The molecule has 2 rings (SSSR count). The number of aliphatic hydroxyl groups is 1. The second-order valence-electron chi connectivity index (χ2n) is 6.37. The first kappa shape index (κ1) is 14.8. The predicted molar refractivity (Wildman–Crippen MR) is 72.8 cm³/mol. The Labute approximate surface area is 115 Å². The van der Waals surface area contributed by atoms with Gasteiger partial charge in [0.1, 0.15) is 0 Å². The van der Waals surface area contributed by atoms with Crippen LogP contribution in [0.1, 0.15) is 26.7 Å². The van der Waals surface area contributed by atoms with Gasteiger partial charge in [0.25, 0.3) is 0 Å². The van der Waals surface area contributed by atoms with Crippen LogP contribution in [0.15, 0.2) is 0 Å². The van der Waals surface area contributed by atoms with Crippen molar-refractivity contribution < 1.29 is 14.6 Å². The van der Waals surface area contributed by atoms with Crippen LogP contribution < -0.4 is 0 Å². The van der Waals surface area contributed by atoms with E-state index < -0.39 is 0 Å². The van der Waals surface area contributed by atoms with E-state index in [2.05, 4.69) is 11.9 Å². The molecular weight excluding hydrogens is 244 g/mol. The smallest absolute Gasteiger partial charge is 0.233 e. The highest BCUT2D eigenvalue weighted by atomic mass is 16.5. The van der Waals surface area contributed by atoms with Gasteiger partial charge in [0.2, 0.25) is 5.91 Å². The van der Waals surface area contributed by atoms with Crippen LogP contribution in [0.3, 0.4) is 0 Å². The minimum atomic E-state index is -0.296. The first-order valence-electron chi connectivity index (χ1n) is 7.18. The van der Waals surface area contributed by atoms with Crippen LogP contribution in [0.5, 0.6) is 0 Å². The van der Waals surface area contributed by atoms with Crippen LogP contribution >= 0.6 is 0 Å². The summed E-state index contributed by atoms with van der Waals surface area (Å²) in [6.07, 6.45) is 1.69. The highest BCUT2D eigenvalue weighted by Crippen LogP contribution is 2.30. The van der Waals surface area contributed by atoms with E-state index in [4.69, 9.17) is 4.74 Å². The summed E-state index contributed by atoms with van der Waals surface area (Å²) in [5.74, 6) is 0.246. The second-order valence-corrected chi connectivity index (χ2v) is 6.37. The molecule has 0 saturated carbocycles. The summed E-state index contributed by atoms with van der Waals surface area (Å²) in [7, 11) is 2.05. The molecule has 110 valence electrons. The monoisotopic (exact) mass is 270 g/mol. The highest BCUT2D eigenvalue weighted by Gasteiger charge is 2.44. The van der Waals surface area contributed by atoms with Gasteiger partial charge in [-0.25, -0.2) is 0 Å². The summed E-state index contributed by atoms with van der Waals surface area (Å²) in [6.45, 7) is 7.27. The zero-order chi connectivity index (χ0) is 14.0. The lowest BCUT2D eigenvalue weighted by atomic mass is 9.86. The molecule has 1 N–H and O–H groups in total. The second kappa shape index (κ2) is 5.77. The summed E-state index contributed by atoms with van der Waals surface area (Å²) < 4.78 is 5.17. The van der Waals surface area contributed by atoms with Crippen LogP contribution in [-0.4, -0.2) is 72.9 Å². The van der Waals surface area contributed by atoms with Gasteiger partial charge in [-0.1, -0.05) is 0 Å². The van der Waals surface area contributed by atoms with Crippen molar-refractivity contribution in [2.24, 2.45) is 5.41 Å². The number of likely N-dealkylation sites (tertiary alicyclic amines) is 1. The summed E-state index contributed by atoms with van der Waals surface area (Å²) in [4.78, 5) is 16.5. The fourth-order valence-electron chi connectivity index (χ4n) is 2.99. The average molecular weight is 270 g/mol. The largest absolute Gasteiger partial charge is 0.392 e. The molecule has 2 aliphatic rings. The number of hydrogen-bond donors (Lipinski definition) is 1. The number of piperidine rings is 1. The zero-order valence-electron chi connectivity index (χ0n) is 12.3.